The molecule has 0 aliphatic carbocycles. The molecule has 9 heteroatoms. The monoisotopic (exact) mass is 555 g/mol. The van der Waals surface area contributed by atoms with Crippen LogP contribution in [0.2, 0.25) is 0 Å². The molecule has 4 aromatic rings. The van der Waals surface area contributed by atoms with Crippen molar-refractivity contribution in [3.63, 3.8) is 0 Å². The van der Waals surface area contributed by atoms with E-state index in [4.69, 9.17) is 14.2 Å². The average molecular weight is 556 g/mol. The number of esters is 1. The first-order valence-corrected chi connectivity index (χ1v) is 13.1. The number of carbonyl (C=O) groups is 2. The normalized spacial score (nSPS) is 15.7. The number of aryl methyl sites for hydroxylation is 1. The molecule has 210 valence electrons. The van der Waals surface area contributed by atoms with Crippen LogP contribution in [0.25, 0.3) is 0 Å². The number of rotatable bonds is 8. The average Bonchev–Trinajstić information content (AvgIpc) is 2.97. The molecule has 0 fully saturated rings. The number of aliphatic hydroxyl groups is 1. The molecular formula is C32H29NO8. The highest BCUT2D eigenvalue weighted by molar-refractivity contribution is 5.76. The number of hydrogen-bond donors (Lipinski definition) is 4. The highest BCUT2D eigenvalue weighted by Crippen LogP contribution is 2.43. The predicted molar refractivity (Wildman–Crippen MR) is 149 cm³/mol. The number of fused-ring (bicyclic) bond motifs is 1. The standard InChI is InChI=1S/C32H29NO8/c34-23-16-25(35)24-18-26(36)31(40-28(24)17-23)22-12-13-27(39-30(37)14-11-20-7-3-1-4-8-20)29(15-22)41-32(38)33-19-21-9-5-2-6-10-21/h1-10,12-13,15-17,26,31,34-36H,11,14,18-19H2,(H,33,38)/t26-,31?/m1/s1. The zero-order valence-corrected chi connectivity index (χ0v) is 22.0. The molecule has 1 aliphatic heterocycles. The molecule has 0 aromatic heterocycles. The fourth-order valence-corrected chi connectivity index (χ4v) is 4.59. The van der Waals surface area contributed by atoms with Gasteiger partial charge in [0.25, 0.3) is 0 Å². The number of benzene rings is 4. The van der Waals surface area contributed by atoms with Gasteiger partial charge in [-0.15, -0.1) is 0 Å². The van der Waals surface area contributed by atoms with Gasteiger partial charge in [-0.25, -0.2) is 4.79 Å². The second kappa shape index (κ2) is 12.4. The molecule has 0 saturated carbocycles. The SMILES string of the molecule is O=C(CCc1ccccc1)Oc1ccc(C2Oc3cc(O)cc(O)c3C[C@H]2O)cc1OC(=O)NCc1ccccc1. The summed E-state index contributed by atoms with van der Waals surface area (Å²) < 4.78 is 17.1. The number of phenols is 2. The van der Waals surface area contributed by atoms with Crippen molar-refractivity contribution in [1.29, 1.82) is 0 Å². The lowest BCUT2D eigenvalue weighted by molar-refractivity contribution is -0.134. The van der Waals surface area contributed by atoms with E-state index < -0.39 is 24.3 Å². The van der Waals surface area contributed by atoms with Crippen molar-refractivity contribution in [3.05, 3.63) is 113 Å². The van der Waals surface area contributed by atoms with Crippen LogP contribution >= 0.6 is 0 Å². The molecule has 41 heavy (non-hydrogen) atoms. The van der Waals surface area contributed by atoms with Crippen molar-refractivity contribution in [3.8, 4) is 28.7 Å². The van der Waals surface area contributed by atoms with Crippen LogP contribution in [-0.4, -0.2) is 33.5 Å². The van der Waals surface area contributed by atoms with Gasteiger partial charge in [-0.2, -0.15) is 0 Å². The van der Waals surface area contributed by atoms with Gasteiger partial charge >= 0.3 is 12.1 Å². The summed E-state index contributed by atoms with van der Waals surface area (Å²) in [5.74, 6) is -0.672. The Balaban J connectivity index is 1.36. The molecule has 1 unspecified atom stereocenters. The maximum absolute atomic E-state index is 12.7. The Morgan fingerprint density at radius 2 is 1.56 bits per heavy atom. The molecule has 1 aliphatic rings. The summed E-state index contributed by atoms with van der Waals surface area (Å²) in [6, 6.07) is 25.9. The lowest BCUT2D eigenvalue weighted by atomic mass is 9.94. The van der Waals surface area contributed by atoms with Crippen LogP contribution in [0.15, 0.2) is 91.0 Å². The summed E-state index contributed by atoms with van der Waals surface area (Å²) in [6.45, 7) is 0.222. The minimum atomic E-state index is -1.06. The van der Waals surface area contributed by atoms with Crippen molar-refractivity contribution in [2.75, 3.05) is 0 Å². The Morgan fingerprint density at radius 3 is 2.29 bits per heavy atom. The van der Waals surface area contributed by atoms with E-state index in [0.717, 1.165) is 11.1 Å². The topological polar surface area (TPSA) is 135 Å². The van der Waals surface area contributed by atoms with Gasteiger partial charge in [0.05, 0.1) is 6.10 Å². The summed E-state index contributed by atoms with van der Waals surface area (Å²) in [7, 11) is 0. The Labute approximate surface area is 236 Å². The van der Waals surface area contributed by atoms with Gasteiger partial charge in [-0.1, -0.05) is 66.7 Å². The van der Waals surface area contributed by atoms with E-state index in [-0.39, 0.29) is 48.1 Å². The Morgan fingerprint density at radius 1 is 0.854 bits per heavy atom. The number of amides is 1. The number of nitrogens with one attached hydrogen (secondary N) is 1. The van der Waals surface area contributed by atoms with E-state index in [2.05, 4.69) is 5.32 Å². The molecular weight excluding hydrogens is 526 g/mol. The highest BCUT2D eigenvalue weighted by Gasteiger charge is 2.33. The summed E-state index contributed by atoms with van der Waals surface area (Å²) in [6.07, 6.45) is -2.08. The summed E-state index contributed by atoms with van der Waals surface area (Å²) in [5.41, 5.74) is 2.65. The van der Waals surface area contributed by atoms with Crippen LogP contribution < -0.4 is 19.5 Å². The first-order chi connectivity index (χ1) is 19.9. The van der Waals surface area contributed by atoms with Crippen LogP contribution in [0, 0.1) is 0 Å². The van der Waals surface area contributed by atoms with Crippen molar-refractivity contribution < 1.29 is 39.1 Å². The molecule has 2 atom stereocenters. The van der Waals surface area contributed by atoms with Gasteiger partial charge < -0.3 is 34.8 Å². The Hall–Kier alpha value is -5.02. The van der Waals surface area contributed by atoms with E-state index in [9.17, 15) is 24.9 Å². The Kier molecular flexibility index (Phi) is 8.36. The third-order valence-corrected chi connectivity index (χ3v) is 6.65. The zero-order chi connectivity index (χ0) is 28.8. The van der Waals surface area contributed by atoms with Gasteiger partial charge in [0.2, 0.25) is 0 Å². The van der Waals surface area contributed by atoms with Crippen molar-refractivity contribution in [2.24, 2.45) is 0 Å². The number of aromatic hydroxyl groups is 2. The third kappa shape index (κ3) is 6.95. The first kappa shape index (κ1) is 27.5. The lowest BCUT2D eigenvalue weighted by Gasteiger charge is -2.31. The van der Waals surface area contributed by atoms with Crippen LogP contribution in [0.3, 0.4) is 0 Å². The number of aliphatic hydroxyl groups excluding tert-OH is 1. The largest absolute Gasteiger partial charge is 0.508 e. The molecule has 0 saturated heterocycles. The fraction of sp³-hybridized carbons (Fsp3) is 0.188. The number of ether oxygens (including phenoxy) is 3. The van der Waals surface area contributed by atoms with Crippen molar-refractivity contribution in [1.82, 2.24) is 5.32 Å². The molecule has 4 aromatic carbocycles. The Bertz CT molecular complexity index is 1520. The quantitative estimate of drug-likeness (QED) is 0.177. The molecule has 0 bridgehead atoms. The van der Waals surface area contributed by atoms with Gasteiger partial charge in [-0.05, 0) is 35.2 Å². The minimum absolute atomic E-state index is 0.0302. The van der Waals surface area contributed by atoms with Crippen molar-refractivity contribution in [2.45, 2.75) is 38.0 Å². The smallest absolute Gasteiger partial charge is 0.413 e. The van der Waals surface area contributed by atoms with E-state index in [0.29, 0.717) is 17.5 Å². The van der Waals surface area contributed by atoms with Gasteiger partial charge in [0.1, 0.15) is 23.4 Å². The maximum atomic E-state index is 12.7. The number of carbonyl (C=O) groups excluding carboxylic acids is 2. The van der Waals surface area contributed by atoms with E-state index in [1.807, 2.05) is 60.7 Å². The minimum Gasteiger partial charge on any atom is -0.508 e. The molecule has 9 nitrogen and oxygen atoms in total. The molecule has 0 spiro atoms. The van der Waals surface area contributed by atoms with Gasteiger partial charge in [0, 0.05) is 37.1 Å². The molecule has 5 rings (SSSR count). The third-order valence-electron chi connectivity index (χ3n) is 6.65. The van der Waals surface area contributed by atoms with E-state index in [1.54, 1.807) is 6.07 Å². The second-order valence-electron chi connectivity index (χ2n) is 9.65. The molecule has 4 N–H and O–H groups in total. The highest BCUT2D eigenvalue weighted by atomic mass is 16.6. The predicted octanol–water partition coefficient (Wildman–Crippen LogP) is 4.96. The summed E-state index contributed by atoms with van der Waals surface area (Å²) >= 11 is 0. The fourth-order valence-electron chi connectivity index (χ4n) is 4.59. The van der Waals surface area contributed by atoms with Gasteiger partial charge in [-0.3, -0.25) is 4.79 Å². The maximum Gasteiger partial charge on any atom is 0.413 e. The number of hydrogen-bond acceptors (Lipinski definition) is 8. The molecule has 1 heterocycles. The number of phenolic OH excluding ortho intramolecular Hbond substituents is 2. The lowest BCUT2D eigenvalue weighted by Crippen LogP contribution is -2.30. The molecule has 0 radical (unpaired) electrons. The van der Waals surface area contributed by atoms with Crippen LogP contribution in [0.1, 0.15) is 34.8 Å². The van der Waals surface area contributed by atoms with Crippen LogP contribution in [0.5, 0.6) is 28.7 Å². The first-order valence-electron chi connectivity index (χ1n) is 13.1. The molecule has 1 amide bonds. The van der Waals surface area contributed by atoms with Crippen LogP contribution in [0.4, 0.5) is 4.79 Å². The van der Waals surface area contributed by atoms with Gasteiger partial charge in [0.15, 0.2) is 11.5 Å². The summed E-state index contributed by atoms with van der Waals surface area (Å²) in [5, 5.41) is 33.6. The second-order valence-corrected chi connectivity index (χ2v) is 9.65. The van der Waals surface area contributed by atoms with Crippen molar-refractivity contribution >= 4 is 12.1 Å². The van der Waals surface area contributed by atoms with E-state index >= 15 is 0 Å². The van der Waals surface area contributed by atoms with E-state index in [1.165, 1.54) is 24.3 Å². The summed E-state index contributed by atoms with van der Waals surface area (Å²) in [4.78, 5) is 25.4. The zero-order valence-electron chi connectivity index (χ0n) is 22.0. The van der Waals surface area contributed by atoms with Crippen LogP contribution in [-0.2, 0) is 24.2 Å².